The van der Waals surface area contributed by atoms with E-state index in [1.54, 1.807) is 24.3 Å². The molecule has 3 aromatic rings. The maximum Gasteiger partial charge on any atom is 0.261 e. The highest BCUT2D eigenvalue weighted by molar-refractivity contribution is 7.92. The number of hydrogen-bond donors (Lipinski definition) is 2. The molecular weight excluding hydrogens is 426 g/mol. The second-order valence-electron chi connectivity index (χ2n) is 7.56. The number of morpholine rings is 1. The second-order valence-corrected chi connectivity index (χ2v) is 9.25. The van der Waals surface area contributed by atoms with Crippen molar-refractivity contribution in [1.82, 2.24) is 9.97 Å². The van der Waals surface area contributed by atoms with Crippen molar-refractivity contribution in [3.8, 4) is 0 Å². The fourth-order valence-electron chi connectivity index (χ4n) is 3.46. The van der Waals surface area contributed by atoms with Crippen LogP contribution in [0.5, 0.6) is 0 Å². The number of anilines is 4. The number of hydrogen-bond acceptors (Lipinski definition) is 7. The van der Waals surface area contributed by atoms with Gasteiger partial charge in [0.1, 0.15) is 17.5 Å². The van der Waals surface area contributed by atoms with Gasteiger partial charge in [-0.1, -0.05) is 19.1 Å². The van der Waals surface area contributed by atoms with Crippen molar-refractivity contribution in [3.63, 3.8) is 0 Å². The molecule has 1 aliphatic rings. The van der Waals surface area contributed by atoms with E-state index in [-0.39, 0.29) is 4.90 Å². The molecule has 0 aliphatic carbocycles. The van der Waals surface area contributed by atoms with Gasteiger partial charge in [0, 0.05) is 30.5 Å². The Morgan fingerprint density at radius 2 is 1.62 bits per heavy atom. The number of nitrogens with one attached hydrogen (secondary N) is 2. The quantitative estimate of drug-likeness (QED) is 0.563. The smallest absolute Gasteiger partial charge is 0.261 e. The minimum Gasteiger partial charge on any atom is -0.378 e. The molecule has 2 aromatic carbocycles. The third-order valence-corrected chi connectivity index (χ3v) is 6.61. The molecule has 1 fully saturated rings. The molecule has 9 heteroatoms. The summed E-state index contributed by atoms with van der Waals surface area (Å²) in [5, 5.41) is 3.27. The third kappa shape index (κ3) is 5.35. The minimum absolute atomic E-state index is 0.240. The number of nitrogens with zero attached hydrogens (tertiary/aromatic N) is 3. The zero-order valence-electron chi connectivity index (χ0n) is 18.2. The summed E-state index contributed by atoms with van der Waals surface area (Å²) in [6.07, 6.45) is 0.863. The summed E-state index contributed by atoms with van der Waals surface area (Å²) in [7, 11) is -3.64. The van der Waals surface area contributed by atoms with Crippen molar-refractivity contribution in [2.75, 3.05) is 41.2 Å². The van der Waals surface area contributed by atoms with E-state index in [4.69, 9.17) is 4.74 Å². The van der Waals surface area contributed by atoms with Gasteiger partial charge in [0.15, 0.2) is 0 Å². The van der Waals surface area contributed by atoms with Gasteiger partial charge >= 0.3 is 0 Å². The lowest BCUT2D eigenvalue weighted by atomic mass is 10.2. The summed E-state index contributed by atoms with van der Waals surface area (Å²) in [6.45, 7) is 6.86. The van der Waals surface area contributed by atoms with E-state index in [1.165, 1.54) is 0 Å². The van der Waals surface area contributed by atoms with Crippen molar-refractivity contribution >= 4 is 33.0 Å². The fraction of sp³-hybridized carbons (Fsp3) is 0.304. The van der Waals surface area contributed by atoms with E-state index in [0.29, 0.717) is 30.5 Å². The van der Waals surface area contributed by atoms with Gasteiger partial charge in [0.2, 0.25) is 0 Å². The normalized spacial score (nSPS) is 14.2. The highest BCUT2D eigenvalue weighted by Gasteiger charge is 2.15. The Morgan fingerprint density at radius 1 is 0.969 bits per heavy atom. The second kappa shape index (κ2) is 9.54. The van der Waals surface area contributed by atoms with Crippen molar-refractivity contribution in [2.24, 2.45) is 0 Å². The molecule has 1 saturated heterocycles. The number of ether oxygens (including phenoxy) is 1. The van der Waals surface area contributed by atoms with Crippen LogP contribution in [0.2, 0.25) is 0 Å². The van der Waals surface area contributed by atoms with Crippen LogP contribution in [0.25, 0.3) is 0 Å². The van der Waals surface area contributed by atoms with E-state index < -0.39 is 10.0 Å². The summed E-state index contributed by atoms with van der Waals surface area (Å²) < 4.78 is 33.3. The zero-order valence-corrected chi connectivity index (χ0v) is 19.0. The van der Waals surface area contributed by atoms with E-state index in [9.17, 15) is 8.42 Å². The molecule has 1 aromatic heterocycles. The van der Waals surface area contributed by atoms with Crippen LogP contribution in [0.15, 0.2) is 59.5 Å². The fourth-order valence-corrected chi connectivity index (χ4v) is 4.52. The Balaban J connectivity index is 1.45. The number of benzene rings is 2. The van der Waals surface area contributed by atoms with Crippen molar-refractivity contribution in [2.45, 2.75) is 25.2 Å². The topological polar surface area (TPSA) is 96.5 Å². The van der Waals surface area contributed by atoms with Gasteiger partial charge in [-0.25, -0.2) is 18.4 Å². The lowest BCUT2D eigenvalue weighted by Gasteiger charge is -2.28. The Labute approximate surface area is 188 Å². The first kappa shape index (κ1) is 22.0. The predicted octanol–water partition coefficient (Wildman–Crippen LogP) is 3.73. The Kier molecular flexibility index (Phi) is 6.57. The monoisotopic (exact) mass is 453 g/mol. The Hall–Kier alpha value is -3.17. The van der Waals surface area contributed by atoms with Crippen LogP contribution in [0.3, 0.4) is 0 Å². The minimum atomic E-state index is -3.64. The summed E-state index contributed by atoms with van der Waals surface area (Å²) >= 11 is 0. The predicted molar refractivity (Wildman–Crippen MR) is 126 cm³/mol. The summed E-state index contributed by atoms with van der Waals surface area (Å²) in [4.78, 5) is 11.4. The first-order valence-corrected chi connectivity index (χ1v) is 12.1. The summed E-state index contributed by atoms with van der Waals surface area (Å²) in [5.74, 6) is 2.22. The molecular formula is C23H27N5O3S. The van der Waals surface area contributed by atoms with Gasteiger partial charge in [-0.2, -0.15) is 0 Å². The molecule has 0 atom stereocenters. The lowest BCUT2D eigenvalue weighted by Crippen LogP contribution is -2.36. The molecule has 168 valence electrons. The van der Waals surface area contributed by atoms with Crippen LogP contribution >= 0.6 is 0 Å². The van der Waals surface area contributed by atoms with Gasteiger partial charge in [-0.05, 0) is 55.3 Å². The van der Waals surface area contributed by atoms with Gasteiger partial charge in [-0.3, -0.25) is 4.72 Å². The molecule has 2 heterocycles. The van der Waals surface area contributed by atoms with Gasteiger partial charge in [-0.15, -0.1) is 0 Å². The largest absolute Gasteiger partial charge is 0.378 e. The van der Waals surface area contributed by atoms with E-state index in [2.05, 4.69) is 24.9 Å². The van der Waals surface area contributed by atoms with Crippen LogP contribution in [-0.2, 0) is 21.2 Å². The van der Waals surface area contributed by atoms with Crippen LogP contribution in [0.1, 0.15) is 18.3 Å². The molecule has 0 saturated carbocycles. The van der Waals surface area contributed by atoms with Crippen molar-refractivity contribution in [3.05, 3.63) is 66.0 Å². The molecule has 4 rings (SSSR count). The van der Waals surface area contributed by atoms with Gasteiger partial charge in [0.25, 0.3) is 10.0 Å². The van der Waals surface area contributed by atoms with Gasteiger partial charge < -0.3 is 15.0 Å². The molecule has 0 radical (unpaired) electrons. The maximum atomic E-state index is 12.6. The molecule has 0 unspecified atom stereocenters. The Bertz CT molecular complexity index is 1160. The highest BCUT2D eigenvalue weighted by atomic mass is 32.2. The van der Waals surface area contributed by atoms with E-state index in [0.717, 1.165) is 36.6 Å². The molecule has 1 aliphatic heterocycles. The van der Waals surface area contributed by atoms with Crippen molar-refractivity contribution < 1.29 is 13.2 Å². The van der Waals surface area contributed by atoms with Crippen molar-refractivity contribution in [1.29, 1.82) is 0 Å². The highest BCUT2D eigenvalue weighted by Crippen LogP contribution is 2.23. The van der Waals surface area contributed by atoms with Gasteiger partial charge in [0.05, 0.1) is 18.1 Å². The number of aryl methyl sites for hydroxylation is 2. The maximum absolute atomic E-state index is 12.6. The van der Waals surface area contributed by atoms with Crippen LogP contribution < -0.4 is 14.9 Å². The van der Waals surface area contributed by atoms with E-state index in [1.807, 2.05) is 44.2 Å². The summed E-state index contributed by atoms with van der Waals surface area (Å²) in [6, 6.07) is 15.9. The van der Waals surface area contributed by atoms with E-state index >= 15 is 0 Å². The van der Waals surface area contributed by atoms with Crippen LogP contribution in [0.4, 0.5) is 23.0 Å². The van der Waals surface area contributed by atoms with Crippen LogP contribution in [-0.4, -0.2) is 44.7 Å². The molecule has 0 bridgehead atoms. The average molecular weight is 454 g/mol. The van der Waals surface area contributed by atoms with Crippen LogP contribution in [0, 0.1) is 6.92 Å². The Morgan fingerprint density at radius 3 is 2.28 bits per heavy atom. The zero-order chi connectivity index (χ0) is 22.6. The summed E-state index contributed by atoms with van der Waals surface area (Å²) in [5.41, 5.74) is 2.38. The first-order chi connectivity index (χ1) is 15.4. The molecule has 0 spiro atoms. The number of aromatic nitrogens is 2. The third-order valence-electron chi connectivity index (χ3n) is 5.21. The molecule has 32 heavy (non-hydrogen) atoms. The first-order valence-electron chi connectivity index (χ1n) is 10.6. The molecule has 2 N–H and O–H groups in total. The SMILES string of the molecule is CCc1ccc(S(=O)(=O)Nc2ccc(Nc3cc(N4CCOCC4)nc(C)n3)cc2)cc1. The molecule has 8 nitrogen and oxygen atoms in total. The number of sulfonamides is 1. The average Bonchev–Trinajstić information content (AvgIpc) is 2.80. The standard InChI is InChI=1S/C23H27N5O3S/c1-3-18-4-10-21(11-5-18)32(29,30)27-20-8-6-19(7-9-20)26-22-16-23(25-17(2)24-22)28-12-14-31-15-13-28/h4-11,16,27H,3,12-15H2,1-2H3,(H,24,25,26). The molecule has 0 amide bonds. The number of rotatable bonds is 7. The lowest BCUT2D eigenvalue weighted by molar-refractivity contribution is 0.122.